The monoisotopic (exact) mass is 326 g/mol. The summed E-state index contributed by atoms with van der Waals surface area (Å²) < 4.78 is 41.5. The van der Waals surface area contributed by atoms with E-state index in [1.807, 2.05) is 0 Å². The molecule has 1 aliphatic heterocycles. The zero-order valence-electron chi connectivity index (χ0n) is 12.2. The van der Waals surface area contributed by atoms with Gasteiger partial charge in [0.1, 0.15) is 5.82 Å². The summed E-state index contributed by atoms with van der Waals surface area (Å²) in [6.07, 6.45) is 3.13. The molecule has 0 aromatic heterocycles. The van der Waals surface area contributed by atoms with Gasteiger partial charge in [-0.15, -0.1) is 0 Å². The summed E-state index contributed by atoms with van der Waals surface area (Å²) in [5.41, 5.74) is 0.484. The molecule has 2 fully saturated rings. The fraction of sp³-hybridized carbons (Fsp3) is 0.533. The molecule has 1 aromatic carbocycles. The van der Waals surface area contributed by atoms with E-state index < -0.39 is 22.0 Å². The molecule has 3 rings (SSSR count). The quantitative estimate of drug-likeness (QED) is 0.917. The Bertz CT molecular complexity index is 671. The van der Waals surface area contributed by atoms with Crippen LogP contribution in [0, 0.1) is 11.7 Å². The standard InChI is InChI=1S/C15H19FN2O3S/c16-14-7-3-2-6-11(14)12-10-13(12)15(19)17-22(20,21)18-8-4-1-5-9-18/h2-3,6-7,12-13H,1,4-5,8-10H2,(H,17,19)/t12-,13-/m0/s1. The molecule has 1 aromatic rings. The molecule has 2 aliphatic rings. The van der Waals surface area contributed by atoms with E-state index >= 15 is 0 Å². The molecule has 7 heteroatoms. The zero-order chi connectivity index (χ0) is 15.7. The summed E-state index contributed by atoms with van der Waals surface area (Å²) in [4.78, 5) is 12.1. The van der Waals surface area contributed by atoms with E-state index in [2.05, 4.69) is 4.72 Å². The normalized spacial score (nSPS) is 25.7. The Morgan fingerprint density at radius 2 is 1.86 bits per heavy atom. The SMILES string of the molecule is O=C(NS(=O)(=O)N1CCCCC1)[C@H]1C[C@H]1c1ccccc1F. The first-order chi connectivity index (χ1) is 10.5. The van der Waals surface area contributed by atoms with Gasteiger partial charge in [-0.3, -0.25) is 4.79 Å². The van der Waals surface area contributed by atoms with E-state index in [-0.39, 0.29) is 11.7 Å². The lowest BCUT2D eigenvalue weighted by atomic mass is 10.1. The van der Waals surface area contributed by atoms with Crippen molar-refractivity contribution in [3.63, 3.8) is 0 Å². The number of piperidine rings is 1. The molecule has 1 saturated heterocycles. The van der Waals surface area contributed by atoms with Crippen LogP contribution in [0.2, 0.25) is 0 Å². The molecule has 1 N–H and O–H groups in total. The number of nitrogens with one attached hydrogen (secondary N) is 1. The molecule has 120 valence electrons. The summed E-state index contributed by atoms with van der Waals surface area (Å²) in [6, 6.07) is 6.31. The molecule has 1 aliphatic carbocycles. The second kappa shape index (κ2) is 5.96. The molecule has 1 saturated carbocycles. The number of hydrogen-bond donors (Lipinski definition) is 1. The van der Waals surface area contributed by atoms with Crippen molar-refractivity contribution in [1.29, 1.82) is 0 Å². The van der Waals surface area contributed by atoms with Gasteiger partial charge in [0.15, 0.2) is 0 Å². The smallest absolute Gasteiger partial charge is 0.274 e. The highest BCUT2D eigenvalue weighted by molar-refractivity contribution is 7.87. The largest absolute Gasteiger partial charge is 0.303 e. The van der Waals surface area contributed by atoms with Gasteiger partial charge in [0.2, 0.25) is 5.91 Å². The lowest BCUT2D eigenvalue weighted by Gasteiger charge is -2.25. The Labute approximate surface area is 129 Å². The van der Waals surface area contributed by atoms with Crippen LogP contribution in [0.5, 0.6) is 0 Å². The van der Waals surface area contributed by atoms with Crippen LogP contribution >= 0.6 is 0 Å². The molecule has 0 spiro atoms. The minimum atomic E-state index is -3.76. The van der Waals surface area contributed by atoms with E-state index in [0.717, 1.165) is 19.3 Å². The first kappa shape index (κ1) is 15.4. The highest BCUT2D eigenvalue weighted by atomic mass is 32.2. The van der Waals surface area contributed by atoms with Crippen molar-refractivity contribution in [2.24, 2.45) is 5.92 Å². The Hall–Kier alpha value is -1.47. The topological polar surface area (TPSA) is 66.5 Å². The van der Waals surface area contributed by atoms with Gasteiger partial charge in [-0.2, -0.15) is 12.7 Å². The van der Waals surface area contributed by atoms with E-state index in [1.54, 1.807) is 18.2 Å². The van der Waals surface area contributed by atoms with Crippen LogP contribution in [0.25, 0.3) is 0 Å². The summed E-state index contributed by atoms with van der Waals surface area (Å²) >= 11 is 0. The van der Waals surface area contributed by atoms with Crippen LogP contribution in [-0.4, -0.2) is 31.7 Å². The number of benzene rings is 1. The molecule has 0 bridgehead atoms. The number of nitrogens with zero attached hydrogens (tertiary/aromatic N) is 1. The minimum absolute atomic E-state index is 0.224. The van der Waals surface area contributed by atoms with Gasteiger partial charge in [-0.1, -0.05) is 24.6 Å². The average molecular weight is 326 g/mol. The first-order valence-corrected chi connectivity index (χ1v) is 8.99. The maximum atomic E-state index is 13.7. The van der Waals surface area contributed by atoms with Crippen LogP contribution in [0.15, 0.2) is 24.3 Å². The van der Waals surface area contributed by atoms with Crippen molar-refractivity contribution in [2.75, 3.05) is 13.1 Å². The van der Waals surface area contributed by atoms with Crippen molar-refractivity contribution in [1.82, 2.24) is 9.03 Å². The van der Waals surface area contributed by atoms with Crippen molar-refractivity contribution in [2.45, 2.75) is 31.6 Å². The Kier molecular flexibility index (Phi) is 4.18. The average Bonchev–Trinajstić information content (AvgIpc) is 3.29. The highest BCUT2D eigenvalue weighted by Crippen LogP contribution is 2.48. The maximum Gasteiger partial charge on any atom is 0.303 e. The first-order valence-electron chi connectivity index (χ1n) is 7.55. The molecular formula is C15H19FN2O3S. The van der Waals surface area contributed by atoms with Crippen LogP contribution in [0.3, 0.4) is 0 Å². The second-order valence-corrected chi connectivity index (χ2v) is 7.57. The van der Waals surface area contributed by atoms with Gasteiger partial charge in [0.25, 0.3) is 0 Å². The lowest BCUT2D eigenvalue weighted by Crippen LogP contribution is -2.46. The molecule has 0 radical (unpaired) electrons. The second-order valence-electron chi connectivity index (χ2n) is 5.90. The predicted octanol–water partition coefficient (Wildman–Crippen LogP) is 1.78. The third-order valence-electron chi connectivity index (χ3n) is 4.32. The van der Waals surface area contributed by atoms with Crippen molar-refractivity contribution >= 4 is 16.1 Å². The molecule has 2 atom stereocenters. The summed E-state index contributed by atoms with van der Waals surface area (Å²) in [6.45, 7) is 0.897. The van der Waals surface area contributed by atoms with Crippen molar-refractivity contribution < 1.29 is 17.6 Å². The fourth-order valence-corrected chi connectivity index (χ4v) is 4.25. The number of hydrogen-bond acceptors (Lipinski definition) is 3. The summed E-state index contributed by atoms with van der Waals surface area (Å²) in [7, 11) is -3.76. The van der Waals surface area contributed by atoms with E-state index in [0.29, 0.717) is 25.1 Å². The molecule has 1 amide bonds. The molecule has 0 unspecified atom stereocenters. The van der Waals surface area contributed by atoms with Crippen LogP contribution in [0.4, 0.5) is 4.39 Å². The van der Waals surface area contributed by atoms with Crippen molar-refractivity contribution in [3.05, 3.63) is 35.6 Å². The highest BCUT2D eigenvalue weighted by Gasteiger charge is 2.46. The van der Waals surface area contributed by atoms with Crippen LogP contribution in [-0.2, 0) is 15.0 Å². The number of rotatable bonds is 4. The van der Waals surface area contributed by atoms with E-state index in [1.165, 1.54) is 10.4 Å². The zero-order valence-corrected chi connectivity index (χ0v) is 13.0. The van der Waals surface area contributed by atoms with Gasteiger partial charge in [-0.25, -0.2) is 9.11 Å². The molecular weight excluding hydrogens is 307 g/mol. The molecule has 5 nitrogen and oxygen atoms in total. The summed E-state index contributed by atoms with van der Waals surface area (Å²) in [5, 5.41) is 0. The number of carbonyl (C=O) groups excluding carboxylic acids is 1. The number of amides is 1. The van der Waals surface area contributed by atoms with Crippen LogP contribution in [0.1, 0.15) is 37.2 Å². The minimum Gasteiger partial charge on any atom is -0.274 e. The van der Waals surface area contributed by atoms with Crippen molar-refractivity contribution in [3.8, 4) is 0 Å². The van der Waals surface area contributed by atoms with E-state index in [9.17, 15) is 17.6 Å². The Morgan fingerprint density at radius 3 is 2.55 bits per heavy atom. The third kappa shape index (κ3) is 3.15. The van der Waals surface area contributed by atoms with Gasteiger partial charge in [-0.05, 0) is 36.8 Å². The van der Waals surface area contributed by atoms with Gasteiger partial charge < -0.3 is 0 Å². The lowest BCUT2D eigenvalue weighted by molar-refractivity contribution is -0.120. The number of halogens is 1. The summed E-state index contributed by atoms with van der Waals surface area (Å²) in [5.74, 6) is -1.56. The molecule has 22 heavy (non-hydrogen) atoms. The maximum absolute atomic E-state index is 13.7. The van der Waals surface area contributed by atoms with E-state index in [4.69, 9.17) is 0 Å². The molecule has 1 heterocycles. The van der Waals surface area contributed by atoms with Gasteiger partial charge in [0.05, 0.1) is 0 Å². The number of carbonyl (C=O) groups is 1. The predicted molar refractivity (Wildman–Crippen MR) is 79.7 cm³/mol. The van der Waals surface area contributed by atoms with Crippen LogP contribution < -0.4 is 4.72 Å². The third-order valence-corrected chi connectivity index (χ3v) is 5.82. The Balaban J connectivity index is 1.63. The fourth-order valence-electron chi connectivity index (χ4n) is 2.98. The van der Waals surface area contributed by atoms with Gasteiger partial charge in [0, 0.05) is 19.0 Å². The Morgan fingerprint density at radius 1 is 1.18 bits per heavy atom. The van der Waals surface area contributed by atoms with Gasteiger partial charge >= 0.3 is 10.2 Å².